The Kier molecular flexibility index (Phi) is 5.85. The molecule has 186 valence electrons. The van der Waals surface area contributed by atoms with Crippen molar-refractivity contribution in [2.75, 3.05) is 20.1 Å². The van der Waals surface area contributed by atoms with Gasteiger partial charge in [0.15, 0.2) is 15.7 Å². The van der Waals surface area contributed by atoms with Crippen LogP contribution >= 0.6 is 0 Å². The van der Waals surface area contributed by atoms with Crippen molar-refractivity contribution >= 4 is 36.8 Å². The zero-order valence-corrected chi connectivity index (χ0v) is 20.0. The summed E-state index contributed by atoms with van der Waals surface area (Å²) >= 11 is 0. The molecule has 1 aromatic heterocycles. The Morgan fingerprint density at radius 1 is 1.06 bits per heavy atom. The summed E-state index contributed by atoms with van der Waals surface area (Å²) in [7, 11) is -7.07. The summed E-state index contributed by atoms with van der Waals surface area (Å²) < 4.78 is 52.5. The number of fused-ring (bicyclic) bond motifs is 1. The normalized spacial score (nSPS) is 17.5. The van der Waals surface area contributed by atoms with E-state index in [1.54, 1.807) is 18.2 Å². The summed E-state index contributed by atoms with van der Waals surface area (Å²) in [6.07, 6.45) is -0.888. The van der Waals surface area contributed by atoms with Gasteiger partial charge in [-0.3, -0.25) is 4.79 Å². The van der Waals surface area contributed by atoms with E-state index < -0.39 is 42.1 Å². The molecule has 0 radical (unpaired) electrons. The van der Waals surface area contributed by atoms with Crippen molar-refractivity contribution in [2.24, 2.45) is 5.14 Å². The van der Waals surface area contributed by atoms with E-state index >= 15 is 0 Å². The summed E-state index contributed by atoms with van der Waals surface area (Å²) in [6.45, 7) is 0.419. The highest BCUT2D eigenvalue weighted by molar-refractivity contribution is 7.94. The lowest BCUT2D eigenvalue weighted by molar-refractivity contribution is 0.0954. The lowest BCUT2D eigenvalue weighted by Crippen LogP contribution is -2.51. The maximum Gasteiger partial charge on any atom is 0.286 e. The number of nitrogens with two attached hydrogens (primary N) is 1. The number of amides is 1. The third-order valence-electron chi connectivity index (χ3n) is 5.96. The van der Waals surface area contributed by atoms with Crippen LogP contribution in [-0.2, 0) is 19.9 Å². The van der Waals surface area contributed by atoms with Crippen molar-refractivity contribution in [1.82, 2.24) is 42.5 Å². The number of aromatic amines is 1. The number of aromatic nitrogens is 2. The number of benzene rings is 2. The number of hydrogen-bond acceptors (Lipinski definition) is 11. The average molecular weight is 522 g/mol. The highest BCUT2D eigenvalue weighted by Crippen LogP contribution is 2.39. The van der Waals surface area contributed by atoms with Gasteiger partial charge < -0.3 is 15.6 Å². The molecule has 2 aliphatic rings. The van der Waals surface area contributed by atoms with E-state index in [-0.39, 0.29) is 29.4 Å². The Balaban J connectivity index is 1.83. The largest absolute Gasteiger partial charge is 0.352 e. The molecular weight excluding hydrogens is 498 g/mol. The zero-order chi connectivity index (χ0) is 25.0. The highest BCUT2D eigenvalue weighted by Gasteiger charge is 2.39. The van der Waals surface area contributed by atoms with Crippen LogP contribution in [0.1, 0.15) is 22.3 Å². The molecule has 0 bridgehead atoms. The lowest BCUT2D eigenvalue weighted by Gasteiger charge is -2.29. The number of sulfone groups is 1. The van der Waals surface area contributed by atoms with Gasteiger partial charge in [0.05, 0.1) is 21.2 Å². The van der Waals surface area contributed by atoms with Crippen molar-refractivity contribution in [2.45, 2.75) is 21.2 Å². The Bertz CT molecular complexity index is 1540. The van der Waals surface area contributed by atoms with Crippen LogP contribution in [0, 0.1) is 0 Å². The summed E-state index contributed by atoms with van der Waals surface area (Å²) in [6, 6.07) is 7.90. The Hall–Kier alpha value is -2.96. The molecule has 9 N–H and O–H groups in total. The van der Waals surface area contributed by atoms with Crippen molar-refractivity contribution in [3.8, 4) is 11.1 Å². The van der Waals surface area contributed by atoms with E-state index in [9.17, 15) is 21.6 Å². The molecule has 0 unspecified atom stereocenters. The van der Waals surface area contributed by atoms with Gasteiger partial charge in [-0.1, -0.05) is 18.2 Å². The maximum absolute atomic E-state index is 13.3. The molecular formula is C19H23N9O5S2. The van der Waals surface area contributed by atoms with E-state index in [1.807, 2.05) is 0 Å². The fourth-order valence-corrected chi connectivity index (χ4v) is 7.39. The summed E-state index contributed by atoms with van der Waals surface area (Å²) in [5, 5.41) is 10.2. The molecule has 0 saturated carbocycles. The van der Waals surface area contributed by atoms with Gasteiger partial charge in [0.25, 0.3) is 5.91 Å². The van der Waals surface area contributed by atoms with Gasteiger partial charge in [0.2, 0.25) is 10.0 Å². The molecule has 3 heterocycles. The van der Waals surface area contributed by atoms with Crippen LogP contribution in [0.15, 0.2) is 40.1 Å². The van der Waals surface area contributed by atoms with Gasteiger partial charge in [-0.2, -0.15) is 11.1 Å². The monoisotopic (exact) mass is 521 g/mol. The van der Waals surface area contributed by atoms with Gasteiger partial charge in [-0.05, 0) is 17.7 Å². The molecule has 1 amide bonds. The molecule has 14 nitrogen and oxygen atoms in total. The topological polar surface area (TPSA) is 212 Å². The van der Waals surface area contributed by atoms with E-state index in [0.717, 1.165) is 0 Å². The Morgan fingerprint density at radius 3 is 2.37 bits per heavy atom. The lowest BCUT2D eigenvalue weighted by atomic mass is 9.96. The molecule has 2 saturated heterocycles. The fraction of sp³-hybridized carbons (Fsp3) is 0.263. The first-order valence-electron chi connectivity index (χ1n) is 10.5. The predicted molar refractivity (Wildman–Crippen MR) is 125 cm³/mol. The number of nitrogens with zero attached hydrogens (tertiary/aromatic N) is 1. The molecule has 0 aliphatic carbocycles. The predicted octanol–water partition coefficient (Wildman–Crippen LogP) is -1.90. The molecule has 2 aromatic carbocycles. The molecule has 0 atom stereocenters. The number of para-hydroxylation sites is 1. The number of carbonyl (C=O) groups excluding carboxylic acids is 1. The second-order valence-electron chi connectivity index (χ2n) is 8.06. The molecule has 3 aromatic rings. The molecule has 16 heteroatoms. The molecule has 35 heavy (non-hydrogen) atoms. The van der Waals surface area contributed by atoms with Gasteiger partial charge in [0, 0.05) is 31.3 Å². The quantitative estimate of drug-likeness (QED) is 0.179. The van der Waals surface area contributed by atoms with Crippen LogP contribution in [0.4, 0.5) is 0 Å². The number of primary sulfonamides is 1. The number of nitrogens with one attached hydrogen (secondary N) is 7. The Morgan fingerprint density at radius 2 is 1.77 bits per heavy atom. The van der Waals surface area contributed by atoms with Crippen LogP contribution < -0.4 is 37.7 Å². The minimum absolute atomic E-state index is 0.0697. The van der Waals surface area contributed by atoms with Gasteiger partial charge >= 0.3 is 0 Å². The second-order valence-corrected chi connectivity index (χ2v) is 11.8. The molecule has 2 fully saturated rings. The van der Waals surface area contributed by atoms with Crippen LogP contribution in [-0.4, -0.2) is 58.1 Å². The van der Waals surface area contributed by atoms with Gasteiger partial charge in [-0.15, -0.1) is 0 Å². The smallest absolute Gasteiger partial charge is 0.286 e. The number of H-pyrrole nitrogens is 1. The number of sulfonamides is 1. The number of carbonyl (C=O) groups is 1. The SMILES string of the molecule is CNC(=O)c1nc2c(-c3ccc(S(=O)(=O)C4CNC4)c(S(N)(=O)=O)c3C3NNNN3)cccc2[nH]1. The van der Waals surface area contributed by atoms with E-state index in [0.29, 0.717) is 22.2 Å². The number of hydrazine groups is 3. The standard InChI is InChI=1S/C19H23N9O5S2/c1-21-19(29)18-23-12-4-2-3-11(15(12)24-18)10-5-6-13(34(30,31)9-7-22-8-9)16(35(20,32)33)14(10)17-25-27-28-26-17/h2-6,9,17,22,25-28H,7-8H2,1H3,(H,21,29)(H,23,24)(H2,20,32,33). The third kappa shape index (κ3) is 3.99. The van der Waals surface area contributed by atoms with Crippen molar-refractivity contribution in [3.63, 3.8) is 0 Å². The number of rotatable bonds is 6. The highest BCUT2D eigenvalue weighted by atomic mass is 32.2. The van der Waals surface area contributed by atoms with Crippen LogP contribution in [0.5, 0.6) is 0 Å². The van der Waals surface area contributed by atoms with Gasteiger partial charge in [-0.25, -0.2) is 37.8 Å². The third-order valence-corrected chi connectivity index (χ3v) is 9.27. The number of imidazole rings is 1. The Labute approximate surface area is 200 Å². The van der Waals surface area contributed by atoms with E-state index in [2.05, 4.69) is 42.5 Å². The fourth-order valence-electron chi connectivity index (χ4n) is 4.15. The minimum atomic E-state index is -4.53. The summed E-state index contributed by atoms with van der Waals surface area (Å²) in [4.78, 5) is 18.6. The maximum atomic E-state index is 13.3. The number of hydrogen-bond donors (Lipinski definition) is 8. The molecule has 5 rings (SSSR count). The van der Waals surface area contributed by atoms with Crippen LogP contribution in [0.3, 0.4) is 0 Å². The molecule has 2 aliphatic heterocycles. The van der Waals surface area contributed by atoms with E-state index in [4.69, 9.17) is 5.14 Å². The van der Waals surface area contributed by atoms with Crippen molar-refractivity contribution in [1.29, 1.82) is 0 Å². The van der Waals surface area contributed by atoms with Gasteiger partial charge in [0.1, 0.15) is 11.1 Å². The summed E-state index contributed by atoms with van der Waals surface area (Å²) in [5.74, 6) is -0.360. The van der Waals surface area contributed by atoms with E-state index in [1.165, 1.54) is 19.2 Å². The second kappa shape index (κ2) is 8.61. The summed E-state index contributed by atoms with van der Waals surface area (Å²) in [5.41, 5.74) is 12.7. The average Bonchev–Trinajstić information content (AvgIpc) is 3.45. The first kappa shape index (κ1) is 23.8. The van der Waals surface area contributed by atoms with Crippen molar-refractivity contribution in [3.05, 3.63) is 41.7 Å². The van der Waals surface area contributed by atoms with Crippen LogP contribution in [0.2, 0.25) is 0 Å². The minimum Gasteiger partial charge on any atom is -0.352 e. The zero-order valence-electron chi connectivity index (χ0n) is 18.3. The molecule has 0 spiro atoms. The first-order chi connectivity index (χ1) is 16.6. The first-order valence-corrected chi connectivity index (χ1v) is 13.6. The van der Waals surface area contributed by atoms with Crippen LogP contribution in [0.25, 0.3) is 22.2 Å². The van der Waals surface area contributed by atoms with Crippen molar-refractivity contribution < 1.29 is 21.6 Å².